The van der Waals surface area contributed by atoms with Crippen molar-refractivity contribution < 1.29 is 18.3 Å². The average Bonchev–Trinajstić information content (AvgIpc) is 2.44. The third-order valence-corrected chi connectivity index (χ3v) is 2.74. The number of nitrogens with one attached hydrogen (secondary N) is 2. The molecule has 0 fully saturated rings. The van der Waals surface area contributed by atoms with Crippen LogP contribution in [0.15, 0.2) is 23.2 Å². The van der Waals surface area contributed by atoms with Gasteiger partial charge >= 0.3 is 6.61 Å². The average molecular weight is 322 g/mol. The van der Waals surface area contributed by atoms with E-state index in [0.29, 0.717) is 29.7 Å². The maximum absolute atomic E-state index is 12.3. The number of hydrogen-bond donors (Lipinski definition) is 2. The molecule has 2 N–H and O–H groups in total. The fourth-order valence-electron chi connectivity index (χ4n) is 1.57. The van der Waals surface area contributed by atoms with Crippen LogP contribution in [-0.2, 0) is 11.3 Å². The minimum absolute atomic E-state index is 0.0780. The van der Waals surface area contributed by atoms with E-state index < -0.39 is 6.61 Å². The lowest BCUT2D eigenvalue weighted by Gasteiger charge is -2.14. The lowest BCUT2D eigenvalue weighted by Crippen LogP contribution is -2.38. The van der Waals surface area contributed by atoms with Crippen molar-refractivity contribution >= 4 is 17.6 Å². The van der Waals surface area contributed by atoms with Gasteiger partial charge in [0.2, 0.25) is 0 Å². The molecule has 0 aliphatic rings. The smallest absolute Gasteiger partial charge is 0.387 e. The monoisotopic (exact) mass is 321 g/mol. The summed E-state index contributed by atoms with van der Waals surface area (Å²) in [5.74, 6) is 0.601. The second kappa shape index (κ2) is 9.36. The van der Waals surface area contributed by atoms with Crippen molar-refractivity contribution in [3.63, 3.8) is 0 Å². The largest absolute Gasteiger partial charge is 0.434 e. The molecule has 0 saturated carbocycles. The Labute approximate surface area is 127 Å². The van der Waals surface area contributed by atoms with Crippen LogP contribution < -0.4 is 15.4 Å². The van der Waals surface area contributed by atoms with E-state index in [2.05, 4.69) is 20.4 Å². The standard InChI is InChI=1S/C13H18ClF2N3O2/c1-17-13(18-5-6-20-2)19-8-9-7-10(14)3-4-11(9)21-12(15)16/h3-4,7,12H,5-6,8H2,1-2H3,(H2,17,18,19). The van der Waals surface area contributed by atoms with E-state index in [4.69, 9.17) is 16.3 Å². The molecule has 8 heteroatoms. The van der Waals surface area contributed by atoms with Gasteiger partial charge in [0.25, 0.3) is 0 Å². The summed E-state index contributed by atoms with van der Waals surface area (Å²) >= 11 is 5.87. The molecule has 0 saturated heterocycles. The van der Waals surface area contributed by atoms with Gasteiger partial charge in [0, 0.05) is 37.8 Å². The maximum Gasteiger partial charge on any atom is 0.387 e. The second-order valence-corrected chi connectivity index (χ2v) is 4.41. The second-order valence-electron chi connectivity index (χ2n) is 3.98. The van der Waals surface area contributed by atoms with Crippen LogP contribution in [0.25, 0.3) is 0 Å². The number of nitrogens with zero attached hydrogens (tertiary/aromatic N) is 1. The minimum atomic E-state index is -2.89. The maximum atomic E-state index is 12.3. The van der Waals surface area contributed by atoms with Gasteiger partial charge in [-0.1, -0.05) is 11.6 Å². The molecule has 0 aliphatic heterocycles. The van der Waals surface area contributed by atoms with Crippen molar-refractivity contribution in [3.05, 3.63) is 28.8 Å². The van der Waals surface area contributed by atoms with Gasteiger partial charge in [0.05, 0.1) is 6.61 Å². The number of benzene rings is 1. The molecular weight excluding hydrogens is 304 g/mol. The highest BCUT2D eigenvalue weighted by molar-refractivity contribution is 6.30. The fourth-order valence-corrected chi connectivity index (χ4v) is 1.76. The normalized spacial score (nSPS) is 11.6. The van der Waals surface area contributed by atoms with E-state index in [-0.39, 0.29) is 12.3 Å². The van der Waals surface area contributed by atoms with E-state index in [0.717, 1.165) is 0 Å². The van der Waals surface area contributed by atoms with Crippen LogP contribution in [-0.4, -0.2) is 39.9 Å². The molecule has 118 valence electrons. The Morgan fingerprint density at radius 1 is 1.38 bits per heavy atom. The summed E-state index contributed by atoms with van der Waals surface area (Å²) in [6.07, 6.45) is 0. The Balaban J connectivity index is 2.66. The third kappa shape index (κ3) is 6.59. The predicted octanol–water partition coefficient (Wildman–Crippen LogP) is 2.25. The third-order valence-electron chi connectivity index (χ3n) is 2.51. The first-order valence-electron chi connectivity index (χ1n) is 6.23. The first kappa shape index (κ1) is 17.5. The molecule has 1 aromatic carbocycles. The van der Waals surface area contributed by atoms with E-state index in [1.165, 1.54) is 12.1 Å². The molecule has 0 aromatic heterocycles. The molecule has 1 aromatic rings. The van der Waals surface area contributed by atoms with Gasteiger partial charge in [-0.3, -0.25) is 4.99 Å². The highest BCUT2D eigenvalue weighted by Gasteiger charge is 2.10. The first-order chi connectivity index (χ1) is 10.1. The van der Waals surface area contributed by atoms with E-state index in [9.17, 15) is 8.78 Å². The highest BCUT2D eigenvalue weighted by Crippen LogP contribution is 2.24. The Morgan fingerprint density at radius 2 is 2.14 bits per heavy atom. The zero-order valence-electron chi connectivity index (χ0n) is 11.8. The van der Waals surface area contributed by atoms with Gasteiger partial charge in [-0.05, 0) is 18.2 Å². The van der Waals surface area contributed by atoms with Gasteiger partial charge in [0.15, 0.2) is 5.96 Å². The lowest BCUT2D eigenvalue weighted by atomic mass is 10.2. The summed E-state index contributed by atoms with van der Waals surface area (Å²) in [7, 11) is 3.20. The fraction of sp³-hybridized carbons (Fsp3) is 0.462. The molecule has 21 heavy (non-hydrogen) atoms. The number of alkyl halides is 2. The number of halogens is 3. The Kier molecular flexibility index (Phi) is 7.78. The van der Waals surface area contributed by atoms with Crippen LogP contribution in [0.4, 0.5) is 8.78 Å². The van der Waals surface area contributed by atoms with Crippen LogP contribution in [0, 0.1) is 0 Å². The summed E-state index contributed by atoms with van der Waals surface area (Å²) in [6.45, 7) is -1.54. The van der Waals surface area contributed by atoms with E-state index >= 15 is 0 Å². The van der Waals surface area contributed by atoms with Crippen molar-refractivity contribution in [2.75, 3.05) is 27.3 Å². The zero-order valence-corrected chi connectivity index (χ0v) is 12.6. The molecule has 0 spiro atoms. The van der Waals surface area contributed by atoms with Gasteiger partial charge in [0.1, 0.15) is 5.75 Å². The van der Waals surface area contributed by atoms with Crippen LogP contribution in [0.1, 0.15) is 5.56 Å². The Bertz CT molecular complexity index is 473. The number of hydrogen-bond acceptors (Lipinski definition) is 3. The number of guanidine groups is 1. The van der Waals surface area contributed by atoms with Crippen molar-refractivity contribution in [2.24, 2.45) is 4.99 Å². The van der Waals surface area contributed by atoms with Gasteiger partial charge < -0.3 is 20.1 Å². The van der Waals surface area contributed by atoms with Crippen LogP contribution >= 0.6 is 11.6 Å². The van der Waals surface area contributed by atoms with Crippen molar-refractivity contribution in [3.8, 4) is 5.75 Å². The first-order valence-corrected chi connectivity index (χ1v) is 6.61. The molecule has 0 unspecified atom stereocenters. The number of rotatable bonds is 7. The van der Waals surface area contributed by atoms with Crippen molar-refractivity contribution in [2.45, 2.75) is 13.2 Å². The molecule has 5 nitrogen and oxygen atoms in total. The Hall–Kier alpha value is -1.60. The molecule has 0 atom stereocenters. The summed E-state index contributed by atoms with van der Waals surface area (Å²) < 4.78 is 34.1. The quantitative estimate of drug-likeness (QED) is 0.459. The number of ether oxygens (including phenoxy) is 2. The topological polar surface area (TPSA) is 54.9 Å². The number of aliphatic imine (C=N–C) groups is 1. The summed E-state index contributed by atoms with van der Waals surface area (Å²) in [6, 6.07) is 4.47. The van der Waals surface area contributed by atoms with Crippen molar-refractivity contribution in [1.29, 1.82) is 0 Å². The number of methoxy groups -OCH3 is 1. The molecule has 0 radical (unpaired) electrons. The predicted molar refractivity (Wildman–Crippen MR) is 78.2 cm³/mol. The lowest BCUT2D eigenvalue weighted by molar-refractivity contribution is -0.0504. The van der Waals surface area contributed by atoms with E-state index in [1.807, 2.05) is 0 Å². The SMILES string of the molecule is CN=C(NCCOC)NCc1cc(Cl)ccc1OC(F)F. The molecular formula is C13H18ClF2N3O2. The van der Waals surface area contributed by atoms with Gasteiger partial charge in [-0.25, -0.2) is 0 Å². The minimum Gasteiger partial charge on any atom is -0.434 e. The van der Waals surface area contributed by atoms with Gasteiger partial charge in [-0.2, -0.15) is 8.78 Å². The highest BCUT2D eigenvalue weighted by atomic mass is 35.5. The molecule has 1 rings (SSSR count). The Morgan fingerprint density at radius 3 is 2.76 bits per heavy atom. The molecule has 0 bridgehead atoms. The van der Waals surface area contributed by atoms with Crippen LogP contribution in [0.2, 0.25) is 5.02 Å². The zero-order chi connectivity index (χ0) is 15.7. The van der Waals surface area contributed by atoms with Crippen molar-refractivity contribution in [1.82, 2.24) is 10.6 Å². The van der Waals surface area contributed by atoms with Crippen LogP contribution in [0.3, 0.4) is 0 Å². The summed E-state index contributed by atoms with van der Waals surface area (Å²) in [5, 5.41) is 6.43. The molecule has 0 heterocycles. The molecule has 0 amide bonds. The summed E-state index contributed by atoms with van der Waals surface area (Å²) in [4.78, 5) is 4.00. The molecule has 0 aliphatic carbocycles. The van der Waals surface area contributed by atoms with E-state index in [1.54, 1.807) is 20.2 Å². The van der Waals surface area contributed by atoms with Gasteiger partial charge in [-0.15, -0.1) is 0 Å². The van der Waals surface area contributed by atoms with Crippen LogP contribution in [0.5, 0.6) is 5.75 Å². The summed E-state index contributed by atoms with van der Waals surface area (Å²) in [5.41, 5.74) is 0.512.